The number of rotatable bonds is 6. The quantitative estimate of drug-likeness (QED) is 0.795. The molecular formula is C16H21N5O2. The Balaban J connectivity index is 1.65. The predicted molar refractivity (Wildman–Crippen MR) is 84.2 cm³/mol. The molecule has 0 radical (unpaired) electrons. The van der Waals surface area contributed by atoms with Crippen molar-refractivity contribution in [2.45, 2.75) is 19.8 Å². The van der Waals surface area contributed by atoms with E-state index in [-0.39, 0.29) is 5.91 Å². The first-order chi connectivity index (χ1) is 11.2. The number of methoxy groups -OCH3 is 1. The van der Waals surface area contributed by atoms with E-state index in [2.05, 4.69) is 21.2 Å². The van der Waals surface area contributed by atoms with Gasteiger partial charge in [0.2, 0.25) is 5.91 Å². The van der Waals surface area contributed by atoms with Crippen LogP contribution in [0.2, 0.25) is 0 Å². The number of hydrogen-bond acceptors (Lipinski definition) is 5. The Bertz CT molecular complexity index is 671. The number of nitrogens with zero attached hydrogens (tertiary/aromatic N) is 5. The van der Waals surface area contributed by atoms with Crippen molar-refractivity contribution in [1.29, 1.82) is 0 Å². The third kappa shape index (κ3) is 3.56. The van der Waals surface area contributed by atoms with Gasteiger partial charge in [0.05, 0.1) is 6.61 Å². The zero-order valence-electron chi connectivity index (χ0n) is 13.5. The Morgan fingerprint density at radius 2 is 2.13 bits per heavy atom. The van der Waals surface area contributed by atoms with Crippen molar-refractivity contribution in [3.05, 3.63) is 36.0 Å². The molecule has 1 aliphatic rings. The zero-order chi connectivity index (χ0) is 16.2. The number of hydrogen-bond donors (Lipinski definition) is 0. The molecule has 0 bridgehead atoms. The first kappa shape index (κ1) is 15.6. The van der Waals surface area contributed by atoms with Gasteiger partial charge < -0.3 is 9.64 Å². The van der Waals surface area contributed by atoms with Crippen molar-refractivity contribution in [2.75, 3.05) is 26.8 Å². The number of carbonyl (C=O) groups excluding carboxylic acids is 1. The Labute approximate surface area is 135 Å². The summed E-state index contributed by atoms with van der Waals surface area (Å²) in [5, 5.41) is 7.61. The van der Waals surface area contributed by atoms with Crippen molar-refractivity contribution in [3.63, 3.8) is 0 Å². The molecule has 3 rings (SSSR count). The summed E-state index contributed by atoms with van der Waals surface area (Å²) >= 11 is 0. The zero-order valence-corrected chi connectivity index (χ0v) is 13.5. The van der Waals surface area contributed by atoms with Gasteiger partial charge in [-0.2, -0.15) is 0 Å². The highest BCUT2D eigenvalue weighted by Crippen LogP contribution is 2.23. The fourth-order valence-corrected chi connectivity index (χ4v) is 3.06. The Morgan fingerprint density at radius 1 is 1.35 bits per heavy atom. The van der Waals surface area contributed by atoms with E-state index in [4.69, 9.17) is 4.74 Å². The van der Waals surface area contributed by atoms with Crippen molar-refractivity contribution in [2.24, 2.45) is 5.92 Å². The molecule has 3 heterocycles. The number of aromatic nitrogens is 4. The van der Waals surface area contributed by atoms with Crippen LogP contribution in [-0.2, 0) is 16.0 Å². The summed E-state index contributed by atoms with van der Waals surface area (Å²) < 4.78 is 6.85. The average Bonchev–Trinajstić information content (AvgIpc) is 3.15. The summed E-state index contributed by atoms with van der Waals surface area (Å²) in [6.07, 6.45) is 6.63. The number of amides is 1. The molecule has 0 aliphatic carbocycles. The number of likely N-dealkylation sites (tertiary alicyclic amines) is 1. The molecule has 1 saturated heterocycles. The topological polar surface area (TPSA) is 73.1 Å². The van der Waals surface area contributed by atoms with E-state index in [1.807, 2.05) is 18.0 Å². The summed E-state index contributed by atoms with van der Waals surface area (Å²) in [5.41, 5.74) is 2.23. The van der Waals surface area contributed by atoms with Gasteiger partial charge in [0, 0.05) is 32.8 Å². The Kier molecular flexibility index (Phi) is 4.66. The van der Waals surface area contributed by atoms with Gasteiger partial charge in [-0.3, -0.25) is 9.36 Å². The second-order valence-electron chi connectivity index (χ2n) is 5.96. The van der Waals surface area contributed by atoms with E-state index in [9.17, 15) is 4.79 Å². The van der Waals surface area contributed by atoms with Gasteiger partial charge >= 0.3 is 0 Å². The normalized spacial score (nSPS) is 17.9. The van der Waals surface area contributed by atoms with Crippen LogP contribution in [-0.4, -0.2) is 57.4 Å². The van der Waals surface area contributed by atoms with E-state index in [1.54, 1.807) is 24.3 Å². The molecule has 2 aromatic rings. The van der Waals surface area contributed by atoms with E-state index < -0.39 is 0 Å². The molecule has 23 heavy (non-hydrogen) atoms. The minimum atomic E-state index is 0.220. The van der Waals surface area contributed by atoms with Crippen LogP contribution in [0.15, 0.2) is 24.9 Å². The maximum atomic E-state index is 12.0. The highest BCUT2D eigenvalue weighted by Gasteiger charge is 2.29. The van der Waals surface area contributed by atoms with Crippen LogP contribution in [0.3, 0.4) is 0 Å². The lowest BCUT2D eigenvalue weighted by molar-refractivity contribution is -0.128. The molecule has 1 atom stereocenters. The van der Waals surface area contributed by atoms with Crippen LogP contribution in [0, 0.1) is 12.8 Å². The molecule has 0 saturated carbocycles. The molecule has 1 amide bonds. The smallest absolute Gasteiger partial charge is 0.223 e. The van der Waals surface area contributed by atoms with Crippen LogP contribution >= 0.6 is 0 Å². The summed E-state index contributed by atoms with van der Waals surface area (Å²) in [6.45, 7) is 4.09. The summed E-state index contributed by atoms with van der Waals surface area (Å²) in [4.78, 5) is 18.4. The van der Waals surface area contributed by atoms with Gasteiger partial charge in [-0.05, 0) is 30.4 Å². The standard InChI is InChI=1S/C16H21N5O2/c1-12-5-13(8-17-16(12)21-10-18-19-11-21)6-14-7-15(22)20(9-14)3-4-23-2/h5,8,10-11,14H,3-4,6-7,9H2,1-2H3/t14-/m1/s1. The summed E-state index contributed by atoms with van der Waals surface area (Å²) in [5.74, 6) is 1.40. The molecule has 1 aliphatic heterocycles. The maximum absolute atomic E-state index is 12.0. The van der Waals surface area contributed by atoms with E-state index in [0.29, 0.717) is 25.5 Å². The molecular weight excluding hydrogens is 294 g/mol. The first-order valence-electron chi connectivity index (χ1n) is 7.74. The van der Waals surface area contributed by atoms with E-state index in [0.717, 1.165) is 29.9 Å². The lowest BCUT2D eigenvalue weighted by atomic mass is 9.99. The second kappa shape index (κ2) is 6.87. The second-order valence-corrected chi connectivity index (χ2v) is 5.96. The highest BCUT2D eigenvalue weighted by atomic mass is 16.5. The first-order valence-corrected chi connectivity index (χ1v) is 7.74. The van der Waals surface area contributed by atoms with Crippen LogP contribution < -0.4 is 0 Å². The average molecular weight is 315 g/mol. The largest absolute Gasteiger partial charge is 0.383 e. The highest BCUT2D eigenvalue weighted by molar-refractivity contribution is 5.78. The molecule has 0 N–H and O–H groups in total. The molecule has 1 fully saturated rings. The molecule has 7 nitrogen and oxygen atoms in total. The monoisotopic (exact) mass is 315 g/mol. The number of aryl methyl sites for hydroxylation is 1. The van der Waals surface area contributed by atoms with Crippen LogP contribution in [0.25, 0.3) is 5.82 Å². The molecule has 122 valence electrons. The minimum Gasteiger partial charge on any atom is -0.383 e. The van der Waals surface area contributed by atoms with Crippen LogP contribution in [0.1, 0.15) is 17.5 Å². The van der Waals surface area contributed by atoms with Gasteiger partial charge in [-0.25, -0.2) is 4.98 Å². The molecule has 0 aromatic carbocycles. The van der Waals surface area contributed by atoms with Crippen molar-refractivity contribution >= 4 is 5.91 Å². The molecule has 0 unspecified atom stereocenters. The minimum absolute atomic E-state index is 0.220. The van der Waals surface area contributed by atoms with Crippen molar-refractivity contribution < 1.29 is 9.53 Å². The number of carbonyl (C=O) groups is 1. The predicted octanol–water partition coefficient (Wildman–Crippen LogP) is 1.01. The Hall–Kier alpha value is -2.28. The third-order valence-electron chi connectivity index (χ3n) is 4.15. The number of pyridine rings is 1. The Morgan fingerprint density at radius 3 is 2.83 bits per heavy atom. The molecule has 7 heteroatoms. The van der Waals surface area contributed by atoms with Gasteiger partial charge in [0.1, 0.15) is 18.5 Å². The number of ether oxygens (including phenoxy) is 1. The third-order valence-corrected chi connectivity index (χ3v) is 4.15. The summed E-state index contributed by atoms with van der Waals surface area (Å²) in [7, 11) is 1.66. The van der Waals surface area contributed by atoms with E-state index in [1.165, 1.54) is 0 Å². The van der Waals surface area contributed by atoms with E-state index >= 15 is 0 Å². The fourth-order valence-electron chi connectivity index (χ4n) is 3.06. The van der Waals surface area contributed by atoms with Gasteiger partial charge in [0.25, 0.3) is 0 Å². The SMILES string of the molecule is COCCN1C[C@H](Cc2cnc(-n3cnnc3)c(C)c2)CC1=O. The van der Waals surface area contributed by atoms with Crippen LogP contribution in [0.5, 0.6) is 0 Å². The van der Waals surface area contributed by atoms with Gasteiger partial charge in [0.15, 0.2) is 0 Å². The summed E-state index contributed by atoms with van der Waals surface area (Å²) in [6, 6.07) is 2.13. The van der Waals surface area contributed by atoms with Crippen molar-refractivity contribution in [1.82, 2.24) is 24.6 Å². The molecule has 2 aromatic heterocycles. The fraction of sp³-hybridized carbons (Fsp3) is 0.500. The lowest BCUT2D eigenvalue weighted by Gasteiger charge is -2.16. The van der Waals surface area contributed by atoms with Crippen LogP contribution in [0.4, 0.5) is 0 Å². The van der Waals surface area contributed by atoms with Gasteiger partial charge in [-0.15, -0.1) is 10.2 Å². The lowest BCUT2D eigenvalue weighted by Crippen LogP contribution is -2.28. The van der Waals surface area contributed by atoms with Crippen molar-refractivity contribution in [3.8, 4) is 5.82 Å². The maximum Gasteiger partial charge on any atom is 0.223 e. The molecule has 0 spiro atoms. The van der Waals surface area contributed by atoms with Gasteiger partial charge in [-0.1, -0.05) is 6.07 Å².